The van der Waals surface area contributed by atoms with Gasteiger partial charge in [-0.2, -0.15) is 0 Å². The van der Waals surface area contributed by atoms with Gasteiger partial charge in [0.05, 0.1) is 6.04 Å². The summed E-state index contributed by atoms with van der Waals surface area (Å²) < 4.78 is 0. The summed E-state index contributed by atoms with van der Waals surface area (Å²) in [6, 6.07) is 37.6. The van der Waals surface area contributed by atoms with Crippen LogP contribution in [0.5, 0.6) is 0 Å². The third kappa shape index (κ3) is 4.59. The fourth-order valence-electron chi connectivity index (χ4n) is 6.65. The molecule has 1 aliphatic heterocycles. The molecule has 3 aliphatic rings. The molecule has 5 aromatic carbocycles. The van der Waals surface area contributed by atoms with Crippen molar-refractivity contribution in [3.8, 4) is 0 Å². The number of hydrogen-bond acceptors (Lipinski definition) is 2. The van der Waals surface area contributed by atoms with Gasteiger partial charge in [-0.3, -0.25) is 0 Å². The number of amidine groups is 1. The van der Waals surface area contributed by atoms with E-state index in [-0.39, 0.29) is 12.0 Å². The van der Waals surface area contributed by atoms with Crippen molar-refractivity contribution >= 4 is 39.5 Å². The lowest BCUT2D eigenvalue weighted by Gasteiger charge is -2.28. The van der Waals surface area contributed by atoms with Gasteiger partial charge in [-0.25, -0.2) is 4.99 Å². The number of nitrogens with zero attached hydrogens (tertiary/aromatic N) is 1. The van der Waals surface area contributed by atoms with E-state index in [0.29, 0.717) is 5.92 Å². The van der Waals surface area contributed by atoms with Crippen molar-refractivity contribution in [2.24, 2.45) is 10.9 Å². The van der Waals surface area contributed by atoms with Gasteiger partial charge in [0.15, 0.2) is 0 Å². The van der Waals surface area contributed by atoms with Crippen molar-refractivity contribution in [2.75, 3.05) is 0 Å². The molecule has 2 aliphatic carbocycles. The van der Waals surface area contributed by atoms with Crippen LogP contribution in [0.15, 0.2) is 144 Å². The molecule has 0 aromatic heterocycles. The van der Waals surface area contributed by atoms with Crippen molar-refractivity contribution in [3.05, 3.63) is 166 Å². The van der Waals surface area contributed by atoms with Crippen molar-refractivity contribution in [3.63, 3.8) is 0 Å². The zero-order valence-electron chi connectivity index (χ0n) is 23.4. The van der Waals surface area contributed by atoms with Crippen LogP contribution in [0, 0.1) is 5.92 Å². The SMILES string of the molecule is C1=CCC(c2cc(C3=NC(C4C=c5ccccc5=CC4)=CC(c4ccc5ccccc5c4)N3)c3ccccc3c2)C=C1. The van der Waals surface area contributed by atoms with Gasteiger partial charge >= 0.3 is 0 Å². The molecule has 0 bridgehead atoms. The maximum Gasteiger partial charge on any atom is 0.134 e. The Kier molecular flexibility index (Phi) is 6.18. The minimum absolute atomic E-state index is 0.0163. The number of benzene rings is 5. The molecule has 202 valence electrons. The quantitative estimate of drug-likeness (QED) is 0.247. The number of allylic oxidation sites excluding steroid dienone is 5. The average Bonchev–Trinajstić information content (AvgIpc) is 3.07. The maximum absolute atomic E-state index is 5.41. The first kappa shape index (κ1) is 24.8. The molecule has 0 saturated carbocycles. The number of rotatable bonds is 4. The standard InChI is InChI=1S/C40H32N2/c1-2-10-27(11-3-1)35-24-32-16-8-9-17-36(32)37(25-35)40-41-38(33-20-18-28-12-4-6-14-30(28)22-33)26-39(42-40)34-21-19-29-13-5-7-15-31(29)23-34/h1-10,12-20,22-27,34,38H,11,21H2,(H,41,42). The van der Waals surface area contributed by atoms with E-state index in [1.54, 1.807) is 0 Å². The molecular formula is C40H32N2. The fourth-order valence-corrected chi connectivity index (χ4v) is 6.65. The number of hydrogen-bond donors (Lipinski definition) is 1. The summed E-state index contributed by atoms with van der Waals surface area (Å²) in [4.78, 5) is 5.41. The Hall–Kier alpha value is -4.95. The first-order chi connectivity index (χ1) is 20.8. The Morgan fingerprint density at radius 3 is 2.29 bits per heavy atom. The second kappa shape index (κ2) is 10.5. The third-order valence-electron chi connectivity index (χ3n) is 8.90. The molecular weight excluding hydrogens is 508 g/mol. The van der Waals surface area contributed by atoms with Crippen molar-refractivity contribution in [2.45, 2.75) is 24.8 Å². The van der Waals surface area contributed by atoms with Crippen LogP contribution >= 0.6 is 0 Å². The van der Waals surface area contributed by atoms with E-state index in [9.17, 15) is 0 Å². The lowest BCUT2D eigenvalue weighted by atomic mass is 9.88. The van der Waals surface area contributed by atoms with E-state index in [0.717, 1.165) is 24.4 Å². The lowest BCUT2D eigenvalue weighted by molar-refractivity contribution is 0.718. The second-order valence-electron chi connectivity index (χ2n) is 11.6. The van der Waals surface area contributed by atoms with E-state index >= 15 is 0 Å². The van der Waals surface area contributed by atoms with E-state index in [1.807, 2.05) is 0 Å². The first-order valence-corrected chi connectivity index (χ1v) is 15.0. The van der Waals surface area contributed by atoms with Crippen LogP contribution < -0.4 is 15.8 Å². The molecule has 0 radical (unpaired) electrons. The third-order valence-corrected chi connectivity index (χ3v) is 8.90. The van der Waals surface area contributed by atoms with Crippen molar-refractivity contribution < 1.29 is 0 Å². The summed E-state index contributed by atoms with van der Waals surface area (Å²) in [7, 11) is 0. The van der Waals surface area contributed by atoms with Crippen LogP contribution in [0.3, 0.4) is 0 Å². The number of aliphatic imine (C=N–C) groups is 1. The summed E-state index contributed by atoms with van der Waals surface area (Å²) in [5.74, 6) is 1.54. The van der Waals surface area contributed by atoms with Crippen LogP contribution in [0.25, 0.3) is 33.7 Å². The van der Waals surface area contributed by atoms with Crippen LogP contribution in [0.4, 0.5) is 0 Å². The Morgan fingerprint density at radius 1 is 0.619 bits per heavy atom. The van der Waals surface area contributed by atoms with E-state index in [4.69, 9.17) is 4.99 Å². The average molecular weight is 541 g/mol. The van der Waals surface area contributed by atoms with Crippen LogP contribution in [-0.2, 0) is 0 Å². The molecule has 1 N–H and O–H groups in total. The summed E-state index contributed by atoms with van der Waals surface area (Å²) in [5, 5.41) is 11.5. The Bertz CT molecular complexity index is 2090. The van der Waals surface area contributed by atoms with Gasteiger partial charge in [0.2, 0.25) is 0 Å². The molecule has 0 spiro atoms. The van der Waals surface area contributed by atoms with Gasteiger partial charge in [0, 0.05) is 23.1 Å². The summed E-state index contributed by atoms with van der Waals surface area (Å²) in [5.41, 5.74) is 4.88. The van der Waals surface area contributed by atoms with Crippen molar-refractivity contribution in [1.29, 1.82) is 0 Å². The minimum atomic E-state index is 0.0163. The zero-order valence-corrected chi connectivity index (χ0v) is 23.4. The van der Waals surface area contributed by atoms with Gasteiger partial charge in [0.25, 0.3) is 0 Å². The second-order valence-corrected chi connectivity index (χ2v) is 11.6. The topological polar surface area (TPSA) is 24.4 Å². The molecule has 8 rings (SSSR count). The molecule has 5 aromatic rings. The highest BCUT2D eigenvalue weighted by Crippen LogP contribution is 2.34. The maximum atomic E-state index is 5.41. The first-order valence-electron chi connectivity index (χ1n) is 15.0. The Morgan fingerprint density at radius 2 is 1.40 bits per heavy atom. The molecule has 1 heterocycles. The molecule has 3 atom stereocenters. The molecule has 2 heteroatoms. The summed E-state index contributed by atoms with van der Waals surface area (Å²) in [6.07, 6.45) is 18.0. The molecule has 3 unspecified atom stereocenters. The zero-order chi connectivity index (χ0) is 27.9. The van der Waals surface area contributed by atoms with E-state index in [1.165, 1.54) is 48.7 Å². The van der Waals surface area contributed by atoms with E-state index in [2.05, 4.69) is 151 Å². The number of fused-ring (bicyclic) bond motifs is 3. The van der Waals surface area contributed by atoms with Crippen LogP contribution in [-0.4, -0.2) is 5.84 Å². The molecule has 0 amide bonds. The smallest absolute Gasteiger partial charge is 0.134 e. The summed E-state index contributed by atoms with van der Waals surface area (Å²) >= 11 is 0. The minimum Gasteiger partial charge on any atom is -0.359 e. The van der Waals surface area contributed by atoms with Crippen molar-refractivity contribution in [1.82, 2.24) is 5.32 Å². The Labute approximate surface area is 246 Å². The molecule has 0 saturated heterocycles. The Balaban J connectivity index is 1.28. The number of nitrogens with one attached hydrogen (secondary N) is 1. The predicted molar refractivity (Wildman–Crippen MR) is 177 cm³/mol. The molecule has 2 nitrogen and oxygen atoms in total. The van der Waals surface area contributed by atoms with Gasteiger partial charge in [-0.15, -0.1) is 0 Å². The predicted octanol–water partition coefficient (Wildman–Crippen LogP) is 7.85. The van der Waals surface area contributed by atoms with E-state index < -0.39 is 0 Å². The largest absolute Gasteiger partial charge is 0.359 e. The highest BCUT2D eigenvalue weighted by atomic mass is 15.1. The summed E-state index contributed by atoms with van der Waals surface area (Å²) in [6.45, 7) is 0. The lowest BCUT2D eigenvalue weighted by Crippen LogP contribution is -2.34. The highest BCUT2D eigenvalue weighted by Gasteiger charge is 2.25. The van der Waals surface area contributed by atoms with Gasteiger partial charge in [-0.05, 0) is 74.2 Å². The molecule has 0 fully saturated rings. The van der Waals surface area contributed by atoms with Gasteiger partial charge < -0.3 is 5.32 Å². The highest BCUT2D eigenvalue weighted by molar-refractivity contribution is 6.11. The monoisotopic (exact) mass is 540 g/mol. The van der Waals surface area contributed by atoms with Gasteiger partial charge in [-0.1, -0.05) is 127 Å². The fraction of sp³-hybridized carbons (Fsp3) is 0.125. The normalized spacial score (nSPS) is 21.1. The van der Waals surface area contributed by atoms with Gasteiger partial charge in [0.1, 0.15) is 5.84 Å². The molecule has 42 heavy (non-hydrogen) atoms. The van der Waals surface area contributed by atoms with Crippen LogP contribution in [0.2, 0.25) is 0 Å². The van der Waals surface area contributed by atoms with Crippen LogP contribution in [0.1, 0.15) is 41.5 Å².